The molecule has 1 N–H and O–H groups in total. The highest BCUT2D eigenvalue weighted by molar-refractivity contribution is 6.17. The summed E-state index contributed by atoms with van der Waals surface area (Å²) in [4.78, 5) is 11.7. The number of hydrogen-bond acceptors (Lipinski definition) is 1. The Morgan fingerprint density at radius 3 is 2.53 bits per heavy atom. The van der Waals surface area contributed by atoms with Gasteiger partial charge in [0.2, 0.25) is 0 Å². The minimum Gasteiger partial charge on any atom is -0.350 e. The van der Waals surface area contributed by atoms with E-state index < -0.39 is 0 Å². The van der Waals surface area contributed by atoms with Gasteiger partial charge in [0, 0.05) is 17.5 Å². The Hall–Kier alpha value is -1.02. The minimum absolute atomic E-state index is 0.0346. The molecule has 0 fully saturated rings. The molecule has 0 spiro atoms. The Labute approximate surface area is 95.6 Å². The first-order valence-corrected chi connectivity index (χ1v) is 5.60. The molecule has 0 bridgehead atoms. The molecule has 1 rings (SSSR count). The van der Waals surface area contributed by atoms with Crippen LogP contribution < -0.4 is 5.32 Å². The van der Waals surface area contributed by atoms with Crippen LogP contribution in [0.15, 0.2) is 24.3 Å². The maximum atomic E-state index is 11.7. The van der Waals surface area contributed by atoms with Crippen molar-refractivity contribution in [3.05, 3.63) is 35.4 Å². The van der Waals surface area contributed by atoms with E-state index in [-0.39, 0.29) is 11.9 Å². The van der Waals surface area contributed by atoms with Crippen LogP contribution in [-0.4, -0.2) is 17.8 Å². The second kappa shape index (κ2) is 5.76. The lowest BCUT2D eigenvalue weighted by Crippen LogP contribution is -2.32. The van der Waals surface area contributed by atoms with Gasteiger partial charge in [0.05, 0.1) is 0 Å². The summed E-state index contributed by atoms with van der Waals surface area (Å²) >= 11 is 5.60. The van der Waals surface area contributed by atoms with Crippen molar-refractivity contribution in [3.8, 4) is 0 Å². The summed E-state index contributed by atoms with van der Waals surface area (Å²) < 4.78 is 0. The third-order valence-electron chi connectivity index (χ3n) is 2.23. The predicted molar refractivity (Wildman–Crippen MR) is 63.4 cm³/mol. The van der Waals surface area contributed by atoms with Crippen molar-refractivity contribution in [3.63, 3.8) is 0 Å². The summed E-state index contributed by atoms with van der Waals surface area (Å²) in [6.07, 6.45) is 0.791. The SMILES string of the molecule is Cc1ccc(C(=O)NC(C)CCCl)cc1. The number of hydrogen-bond donors (Lipinski definition) is 1. The molecule has 0 aromatic heterocycles. The van der Waals surface area contributed by atoms with Crippen LogP contribution >= 0.6 is 11.6 Å². The van der Waals surface area contributed by atoms with Crippen molar-refractivity contribution in [1.82, 2.24) is 5.32 Å². The number of alkyl halides is 1. The quantitative estimate of drug-likeness (QED) is 0.785. The Morgan fingerprint density at radius 1 is 1.40 bits per heavy atom. The molecule has 0 saturated heterocycles. The van der Waals surface area contributed by atoms with Crippen molar-refractivity contribution in [1.29, 1.82) is 0 Å². The second-order valence-electron chi connectivity index (χ2n) is 3.72. The van der Waals surface area contributed by atoms with E-state index in [1.165, 1.54) is 0 Å². The van der Waals surface area contributed by atoms with Crippen molar-refractivity contribution in [2.45, 2.75) is 26.3 Å². The van der Waals surface area contributed by atoms with E-state index >= 15 is 0 Å². The van der Waals surface area contributed by atoms with Crippen LogP contribution in [0.3, 0.4) is 0 Å². The fraction of sp³-hybridized carbons (Fsp3) is 0.417. The van der Waals surface area contributed by atoms with Crippen LogP contribution in [-0.2, 0) is 0 Å². The van der Waals surface area contributed by atoms with Gasteiger partial charge in [-0.15, -0.1) is 11.6 Å². The molecule has 2 nitrogen and oxygen atoms in total. The maximum Gasteiger partial charge on any atom is 0.251 e. The van der Waals surface area contributed by atoms with Crippen molar-refractivity contribution in [2.75, 3.05) is 5.88 Å². The molecule has 1 amide bonds. The van der Waals surface area contributed by atoms with E-state index in [2.05, 4.69) is 5.32 Å². The first-order valence-electron chi connectivity index (χ1n) is 5.07. The van der Waals surface area contributed by atoms with Gasteiger partial charge >= 0.3 is 0 Å². The van der Waals surface area contributed by atoms with E-state index in [1.54, 1.807) is 0 Å². The Bertz CT molecular complexity index is 321. The van der Waals surface area contributed by atoms with E-state index in [1.807, 2.05) is 38.1 Å². The zero-order valence-electron chi connectivity index (χ0n) is 9.09. The lowest BCUT2D eigenvalue weighted by Gasteiger charge is -2.12. The summed E-state index contributed by atoms with van der Waals surface area (Å²) in [6, 6.07) is 7.65. The number of amides is 1. The van der Waals surface area contributed by atoms with Crippen LogP contribution in [0, 0.1) is 6.92 Å². The molecule has 82 valence electrons. The standard InChI is InChI=1S/C12H16ClNO/c1-9-3-5-11(6-4-9)12(15)14-10(2)7-8-13/h3-6,10H,7-8H2,1-2H3,(H,14,15). The molecule has 1 aromatic rings. The lowest BCUT2D eigenvalue weighted by atomic mass is 10.1. The molecule has 15 heavy (non-hydrogen) atoms. The third-order valence-corrected chi connectivity index (χ3v) is 2.45. The predicted octanol–water partition coefficient (Wildman–Crippen LogP) is 2.74. The smallest absolute Gasteiger partial charge is 0.251 e. The largest absolute Gasteiger partial charge is 0.350 e. The van der Waals surface area contributed by atoms with E-state index in [0.29, 0.717) is 11.4 Å². The molecular formula is C12H16ClNO. The van der Waals surface area contributed by atoms with Crippen LogP contribution in [0.2, 0.25) is 0 Å². The average Bonchev–Trinajstić information content (AvgIpc) is 2.18. The average molecular weight is 226 g/mol. The summed E-state index contributed by atoms with van der Waals surface area (Å²) in [6.45, 7) is 3.95. The number of aryl methyl sites for hydroxylation is 1. The van der Waals surface area contributed by atoms with Crippen molar-refractivity contribution in [2.24, 2.45) is 0 Å². The van der Waals surface area contributed by atoms with Crippen molar-refractivity contribution >= 4 is 17.5 Å². The number of rotatable bonds is 4. The Balaban J connectivity index is 2.57. The molecule has 0 saturated carbocycles. The van der Waals surface area contributed by atoms with Gasteiger partial charge in [-0.3, -0.25) is 4.79 Å². The molecule has 0 heterocycles. The fourth-order valence-corrected chi connectivity index (χ4v) is 1.58. The van der Waals surface area contributed by atoms with Gasteiger partial charge in [-0.05, 0) is 32.4 Å². The van der Waals surface area contributed by atoms with Gasteiger partial charge in [-0.2, -0.15) is 0 Å². The fourth-order valence-electron chi connectivity index (χ4n) is 1.25. The summed E-state index contributed by atoms with van der Waals surface area (Å²) in [5.41, 5.74) is 1.85. The first-order chi connectivity index (χ1) is 7.13. The minimum atomic E-state index is -0.0346. The van der Waals surface area contributed by atoms with E-state index in [0.717, 1.165) is 12.0 Å². The lowest BCUT2D eigenvalue weighted by molar-refractivity contribution is 0.0939. The zero-order chi connectivity index (χ0) is 11.3. The first kappa shape index (κ1) is 12.1. The maximum absolute atomic E-state index is 11.7. The van der Waals surface area contributed by atoms with E-state index in [9.17, 15) is 4.79 Å². The normalized spacial score (nSPS) is 12.2. The molecule has 3 heteroatoms. The molecule has 0 radical (unpaired) electrons. The number of carbonyl (C=O) groups is 1. The number of nitrogens with one attached hydrogen (secondary N) is 1. The van der Waals surface area contributed by atoms with Crippen LogP contribution in [0.1, 0.15) is 29.3 Å². The summed E-state index contributed by atoms with van der Waals surface area (Å²) in [5, 5.41) is 2.89. The van der Waals surface area contributed by atoms with Gasteiger partial charge in [0.15, 0.2) is 0 Å². The molecule has 1 atom stereocenters. The highest BCUT2D eigenvalue weighted by atomic mass is 35.5. The van der Waals surface area contributed by atoms with Crippen LogP contribution in [0.25, 0.3) is 0 Å². The number of carbonyl (C=O) groups excluding carboxylic acids is 1. The monoisotopic (exact) mass is 225 g/mol. The van der Waals surface area contributed by atoms with Crippen LogP contribution in [0.5, 0.6) is 0 Å². The molecule has 1 unspecified atom stereocenters. The number of halogens is 1. The molecule has 0 aliphatic heterocycles. The van der Waals surface area contributed by atoms with Gasteiger partial charge in [-0.25, -0.2) is 0 Å². The Morgan fingerprint density at radius 2 is 2.00 bits per heavy atom. The van der Waals surface area contributed by atoms with E-state index in [4.69, 9.17) is 11.6 Å². The van der Waals surface area contributed by atoms with Gasteiger partial charge in [-0.1, -0.05) is 17.7 Å². The topological polar surface area (TPSA) is 29.1 Å². The van der Waals surface area contributed by atoms with Gasteiger partial charge in [0.1, 0.15) is 0 Å². The van der Waals surface area contributed by atoms with Crippen LogP contribution in [0.4, 0.5) is 0 Å². The van der Waals surface area contributed by atoms with Gasteiger partial charge in [0.25, 0.3) is 5.91 Å². The third kappa shape index (κ3) is 3.92. The zero-order valence-corrected chi connectivity index (χ0v) is 9.84. The highest BCUT2D eigenvalue weighted by Gasteiger charge is 2.08. The highest BCUT2D eigenvalue weighted by Crippen LogP contribution is 2.04. The second-order valence-corrected chi connectivity index (χ2v) is 4.10. The number of benzene rings is 1. The van der Waals surface area contributed by atoms with Crippen molar-refractivity contribution < 1.29 is 4.79 Å². The molecular weight excluding hydrogens is 210 g/mol. The molecule has 0 aliphatic carbocycles. The summed E-state index contributed by atoms with van der Waals surface area (Å²) in [5.74, 6) is 0.530. The van der Waals surface area contributed by atoms with Gasteiger partial charge < -0.3 is 5.32 Å². The molecule has 1 aromatic carbocycles. The molecule has 0 aliphatic rings. The summed E-state index contributed by atoms with van der Waals surface area (Å²) in [7, 11) is 0. The Kier molecular flexibility index (Phi) is 4.63.